The summed E-state index contributed by atoms with van der Waals surface area (Å²) < 4.78 is 0.769. The van der Waals surface area contributed by atoms with Crippen LogP contribution < -0.4 is 4.90 Å². The van der Waals surface area contributed by atoms with E-state index in [0.717, 1.165) is 14.9 Å². The summed E-state index contributed by atoms with van der Waals surface area (Å²) in [4.78, 5) is 29.8. The van der Waals surface area contributed by atoms with E-state index in [1.54, 1.807) is 30.5 Å². The SMILES string of the molecule is Cc1ccc2c(c1)C(=O)N(c1cc(Br)ccn1)C2=O. The summed E-state index contributed by atoms with van der Waals surface area (Å²) in [5, 5.41) is 0. The Balaban J connectivity index is 2.13. The van der Waals surface area contributed by atoms with Crippen molar-refractivity contribution in [3.8, 4) is 0 Å². The van der Waals surface area contributed by atoms with Crippen molar-refractivity contribution in [1.29, 1.82) is 0 Å². The number of carbonyl (C=O) groups excluding carboxylic acids is 2. The highest BCUT2D eigenvalue weighted by Gasteiger charge is 2.37. The zero-order chi connectivity index (χ0) is 13.6. The minimum Gasteiger partial charge on any atom is -0.268 e. The van der Waals surface area contributed by atoms with Crippen molar-refractivity contribution >= 4 is 33.6 Å². The van der Waals surface area contributed by atoms with Crippen LogP contribution in [0.25, 0.3) is 0 Å². The average molecular weight is 317 g/mol. The third kappa shape index (κ3) is 1.86. The fraction of sp³-hybridized carbons (Fsp3) is 0.0714. The number of aryl methyl sites for hydroxylation is 1. The first-order valence-corrected chi connectivity index (χ1v) is 6.48. The Labute approximate surface area is 118 Å². The molecular weight excluding hydrogens is 308 g/mol. The number of anilines is 1. The van der Waals surface area contributed by atoms with Gasteiger partial charge in [-0.25, -0.2) is 9.88 Å². The second kappa shape index (κ2) is 4.28. The smallest absolute Gasteiger partial charge is 0.267 e. The van der Waals surface area contributed by atoms with Crippen LogP contribution >= 0.6 is 15.9 Å². The van der Waals surface area contributed by atoms with Gasteiger partial charge >= 0.3 is 0 Å². The number of halogens is 1. The number of imide groups is 1. The molecule has 0 N–H and O–H groups in total. The first kappa shape index (κ1) is 12.0. The first-order chi connectivity index (χ1) is 9.08. The molecule has 2 heterocycles. The van der Waals surface area contributed by atoms with Gasteiger partial charge in [0, 0.05) is 10.7 Å². The lowest BCUT2D eigenvalue weighted by molar-refractivity contribution is 0.0925. The number of benzene rings is 1. The maximum atomic E-state index is 12.3. The summed E-state index contributed by atoms with van der Waals surface area (Å²) in [6, 6.07) is 8.62. The molecule has 1 aliphatic rings. The van der Waals surface area contributed by atoms with E-state index in [1.807, 2.05) is 13.0 Å². The van der Waals surface area contributed by atoms with Crippen LogP contribution in [0.3, 0.4) is 0 Å². The topological polar surface area (TPSA) is 50.3 Å². The number of aromatic nitrogens is 1. The molecule has 0 spiro atoms. The summed E-state index contributed by atoms with van der Waals surface area (Å²) >= 11 is 3.31. The maximum absolute atomic E-state index is 12.3. The molecule has 2 aromatic rings. The summed E-state index contributed by atoms with van der Waals surface area (Å²) in [5.41, 5.74) is 1.81. The molecule has 0 aliphatic carbocycles. The van der Waals surface area contributed by atoms with Gasteiger partial charge in [-0.15, -0.1) is 0 Å². The van der Waals surface area contributed by atoms with Crippen molar-refractivity contribution in [2.24, 2.45) is 0 Å². The number of amides is 2. The molecule has 0 fully saturated rings. The van der Waals surface area contributed by atoms with Gasteiger partial charge in [-0.1, -0.05) is 27.6 Å². The molecule has 0 unspecified atom stereocenters. The molecule has 0 saturated carbocycles. The molecule has 0 radical (unpaired) electrons. The van der Waals surface area contributed by atoms with Crippen molar-refractivity contribution in [3.05, 3.63) is 57.7 Å². The van der Waals surface area contributed by atoms with E-state index in [2.05, 4.69) is 20.9 Å². The lowest BCUT2D eigenvalue weighted by Crippen LogP contribution is -2.30. The van der Waals surface area contributed by atoms with Crippen LogP contribution in [0.1, 0.15) is 26.3 Å². The Kier molecular flexibility index (Phi) is 2.71. The molecule has 19 heavy (non-hydrogen) atoms. The third-order valence-corrected chi connectivity index (χ3v) is 3.47. The van der Waals surface area contributed by atoms with E-state index in [9.17, 15) is 9.59 Å². The van der Waals surface area contributed by atoms with Gasteiger partial charge in [-0.05, 0) is 31.2 Å². The molecule has 3 rings (SSSR count). The fourth-order valence-electron chi connectivity index (χ4n) is 2.08. The number of pyridine rings is 1. The number of hydrogen-bond donors (Lipinski definition) is 0. The minimum atomic E-state index is -0.328. The van der Waals surface area contributed by atoms with Gasteiger partial charge in [0.05, 0.1) is 11.1 Å². The molecule has 0 atom stereocenters. The molecule has 1 aliphatic heterocycles. The average Bonchev–Trinajstić information content (AvgIpc) is 2.61. The highest BCUT2D eigenvalue weighted by Crippen LogP contribution is 2.28. The molecule has 4 nitrogen and oxygen atoms in total. The molecule has 0 saturated heterocycles. The second-order valence-electron chi connectivity index (χ2n) is 4.33. The lowest BCUT2D eigenvalue weighted by Gasteiger charge is -2.12. The highest BCUT2D eigenvalue weighted by atomic mass is 79.9. The van der Waals surface area contributed by atoms with Crippen LogP contribution in [0.2, 0.25) is 0 Å². The molecule has 5 heteroatoms. The van der Waals surface area contributed by atoms with Crippen LogP contribution in [-0.4, -0.2) is 16.8 Å². The standard InChI is InChI=1S/C14H9BrN2O2/c1-8-2-3-10-11(6-8)14(19)17(13(10)18)12-7-9(15)4-5-16-12/h2-7H,1H3. The summed E-state index contributed by atoms with van der Waals surface area (Å²) in [6.07, 6.45) is 1.55. The van der Waals surface area contributed by atoms with Crippen molar-refractivity contribution in [2.45, 2.75) is 6.92 Å². The van der Waals surface area contributed by atoms with Crippen molar-refractivity contribution in [2.75, 3.05) is 4.90 Å². The van der Waals surface area contributed by atoms with Crippen molar-refractivity contribution in [3.63, 3.8) is 0 Å². The molecule has 2 amide bonds. The number of carbonyl (C=O) groups is 2. The zero-order valence-electron chi connectivity index (χ0n) is 10.1. The quantitative estimate of drug-likeness (QED) is 0.760. The van der Waals surface area contributed by atoms with E-state index < -0.39 is 0 Å². The van der Waals surface area contributed by atoms with E-state index in [1.165, 1.54) is 0 Å². The van der Waals surface area contributed by atoms with Crippen LogP contribution in [0.5, 0.6) is 0 Å². The fourth-order valence-corrected chi connectivity index (χ4v) is 2.40. The monoisotopic (exact) mass is 316 g/mol. The second-order valence-corrected chi connectivity index (χ2v) is 5.24. The number of nitrogens with zero attached hydrogens (tertiary/aromatic N) is 2. The van der Waals surface area contributed by atoms with Gasteiger partial charge in [-0.2, -0.15) is 0 Å². The van der Waals surface area contributed by atoms with Crippen molar-refractivity contribution < 1.29 is 9.59 Å². The Morgan fingerprint density at radius 3 is 2.53 bits per heavy atom. The van der Waals surface area contributed by atoms with Crippen LogP contribution in [0, 0.1) is 6.92 Å². The number of hydrogen-bond acceptors (Lipinski definition) is 3. The molecule has 1 aromatic carbocycles. The molecule has 94 valence electrons. The van der Waals surface area contributed by atoms with Crippen LogP contribution in [0.15, 0.2) is 41.0 Å². The van der Waals surface area contributed by atoms with Gasteiger partial charge in [-0.3, -0.25) is 9.59 Å². The van der Waals surface area contributed by atoms with Gasteiger partial charge in [0.25, 0.3) is 11.8 Å². The van der Waals surface area contributed by atoms with E-state index in [0.29, 0.717) is 16.9 Å². The van der Waals surface area contributed by atoms with Gasteiger partial charge in [0.15, 0.2) is 0 Å². The maximum Gasteiger partial charge on any atom is 0.267 e. The van der Waals surface area contributed by atoms with Crippen LogP contribution in [0.4, 0.5) is 5.82 Å². The lowest BCUT2D eigenvalue weighted by atomic mass is 10.1. The van der Waals surface area contributed by atoms with E-state index >= 15 is 0 Å². The predicted molar refractivity (Wildman–Crippen MR) is 74.3 cm³/mol. The summed E-state index contributed by atoms with van der Waals surface area (Å²) in [5.74, 6) is -0.321. The molecule has 1 aromatic heterocycles. The van der Waals surface area contributed by atoms with Crippen molar-refractivity contribution in [1.82, 2.24) is 4.98 Å². The van der Waals surface area contributed by atoms with E-state index in [4.69, 9.17) is 0 Å². The normalized spacial score (nSPS) is 13.9. The van der Waals surface area contributed by atoms with Gasteiger partial charge in [0.1, 0.15) is 5.82 Å². The summed E-state index contributed by atoms with van der Waals surface area (Å²) in [6.45, 7) is 1.89. The zero-order valence-corrected chi connectivity index (χ0v) is 11.6. The first-order valence-electron chi connectivity index (χ1n) is 5.69. The van der Waals surface area contributed by atoms with E-state index in [-0.39, 0.29) is 11.8 Å². The third-order valence-electron chi connectivity index (χ3n) is 2.98. The van der Waals surface area contributed by atoms with Crippen LogP contribution in [-0.2, 0) is 0 Å². The minimum absolute atomic E-state index is 0.325. The Morgan fingerprint density at radius 1 is 1.05 bits per heavy atom. The predicted octanol–water partition coefficient (Wildman–Crippen LogP) is 2.95. The summed E-state index contributed by atoms with van der Waals surface area (Å²) in [7, 11) is 0. The largest absolute Gasteiger partial charge is 0.268 e. The highest BCUT2D eigenvalue weighted by molar-refractivity contribution is 9.10. The number of fused-ring (bicyclic) bond motifs is 1. The number of rotatable bonds is 1. The molecule has 0 bridgehead atoms. The Hall–Kier alpha value is -2.01. The molecular formula is C14H9BrN2O2. The van der Waals surface area contributed by atoms with Gasteiger partial charge < -0.3 is 0 Å². The Bertz CT molecular complexity index is 712. The Morgan fingerprint density at radius 2 is 1.79 bits per heavy atom. The van der Waals surface area contributed by atoms with Gasteiger partial charge in [0.2, 0.25) is 0 Å².